The minimum atomic E-state index is -0.448. The van der Waals surface area contributed by atoms with Crippen LogP contribution in [0, 0.1) is 13.8 Å². The molecule has 1 fully saturated rings. The van der Waals surface area contributed by atoms with E-state index in [9.17, 15) is 4.79 Å². The lowest BCUT2D eigenvalue weighted by molar-refractivity contribution is -0.142. The van der Waals surface area contributed by atoms with Gasteiger partial charge in [-0.25, -0.2) is 4.79 Å². The molecule has 1 aliphatic rings. The minimum absolute atomic E-state index is 0.177. The molecule has 3 rings (SSSR count). The number of ether oxygens (including phenoxy) is 4. The molecule has 7 heteroatoms. The van der Waals surface area contributed by atoms with Crippen molar-refractivity contribution in [3.63, 3.8) is 0 Å². The number of aromatic nitrogens is 1. The van der Waals surface area contributed by atoms with Crippen molar-refractivity contribution in [2.75, 3.05) is 27.6 Å². The normalized spacial score (nSPS) is 14.3. The maximum Gasteiger partial charge on any atom is 0.343 e. The van der Waals surface area contributed by atoms with Crippen LogP contribution in [0.25, 0.3) is 0 Å². The first-order valence-electron chi connectivity index (χ1n) is 11.0. The molecule has 174 valence electrons. The van der Waals surface area contributed by atoms with Crippen LogP contribution >= 0.6 is 11.6 Å². The fourth-order valence-electron chi connectivity index (χ4n) is 4.23. The van der Waals surface area contributed by atoms with Gasteiger partial charge >= 0.3 is 5.97 Å². The van der Waals surface area contributed by atoms with Gasteiger partial charge in [0.1, 0.15) is 11.5 Å². The van der Waals surface area contributed by atoms with Crippen molar-refractivity contribution < 1.29 is 23.7 Å². The van der Waals surface area contributed by atoms with Gasteiger partial charge in [-0.1, -0.05) is 30.9 Å². The zero-order valence-corrected chi connectivity index (χ0v) is 20.1. The number of aryl methyl sites for hydroxylation is 1. The molecule has 32 heavy (non-hydrogen) atoms. The standard InChI is InChI=1S/C25H32ClNO5/c1-16-12-22(31-14-23(28)30-4)24(26)17(2)20(16)13-19-10-11-21(32-15-29-3)25(27-19)18-8-6-5-7-9-18/h10-12,18H,5-9,13-15H2,1-4H3. The van der Waals surface area contributed by atoms with Gasteiger partial charge in [-0.3, -0.25) is 4.98 Å². The predicted molar refractivity (Wildman–Crippen MR) is 124 cm³/mol. The van der Waals surface area contributed by atoms with Crippen LogP contribution in [0.4, 0.5) is 0 Å². The van der Waals surface area contributed by atoms with E-state index in [-0.39, 0.29) is 13.4 Å². The van der Waals surface area contributed by atoms with Crippen LogP contribution in [0.15, 0.2) is 18.2 Å². The third-order valence-corrected chi connectivity index (χ3v) is 6.49. The molecule has 1 aromatic heterocycles. The lowest BCUT2D eigenvalue weighted by Gasteiger charge is -2.24. The molecule has 0 spiro atoms. The third kappa shape index (κ3) is 5.93. The van der Waals surface area contributed by atoms with Gasteiger partial charge in [0.2, 0.25) is 0 Å². The van der Waals surface area contributed by atoms with Crippen molar-refractivity contribution in [2.24, 2.45) is 0 Å². The lowest BCUT2D eigenvalue weighted by Crippen LogP contribution is -2.13. The van der Waals surface area contributed by atoms with E-state index in [4.69, 9.17) is 30.8 Å². The Labute approximate surface area is 195 Å². The number of benzene rings is 1. The number of hydrogen-bond acceptors (Lipinski definition) is 6. The van der Waals surface area contributed by atoms with E-state index < -0.39 is 5.97 Å². The van der Waals surface area contributed by atoms with Gasteiger partial charge in [-0.15, -0.1) is 0 Å². The van der Waals surface area contributed by atoms with Gasteiger partial charge in [0, 0.05) is 25.1 Å². The molecule has 2 aromatic rings. The van der Waals surface area contributed by atoms with E-state index >= 15 is 0 Å². The summed E-state index contributed by atoms with van der Waals surface area (Å²) in [4.78, 5) is 16.4. The molecule has 0 unspecified atom stereocenters. The first kappa shape index (κ1) is 24.3. The Balaban J connectivity index is 1.87. The van der Waals surface area contributed by atoms with Crippen molar-refractivity contribution >= 4 is 17.6 Å². The fraction of sp³-hybridized carbons (Fsp3) is 0.520. The van der Waals surface area contributed by atoms with Crippen LogP contribution in [0.2, 0.25) is 5.02 Å². The van der Waals surface area contributed by atoms with E-state index in [1.54, 1.807) is 7.11 Å². The number of nitrogens with zero attached hydrogens (tertiary/aromatic N) is 1. The topological polar surface area (TPSA) is 66.9 Å². The molecular formula is C25H32ClNO5. The highest BCUT2D eigenvalue weighted by Crippen LogP contribution is 2.38. The Morgan fingerprint density at radius 3 is 2.53 bits per heavy atom. The number of methoxy groups -OCH3 is 2. The lowest BCUT2D eigenvalue weighted by atomic mass is 9.86. The summed E-state index contributed by atoms with van der Waals surface area (Å²) in [7, 11) is 2.95. The van der Waals surface area contributed by atoms with E-state index in [0.717, 1.165) is 46.7 Å². The largest absolute Gasteiger partial charge is 0.480 e. The first-order valence-corrected chi connectivity index (χ1v) is 11.4. The number of esters is 1. The molecule has 6 nitrogen and oxygen atoms in total. The number of pyridine rings is 1. The Kier molecular flexibility index (Phi) is 8.76. The van der Waals surface area contributed by atoms with Crippen molar-refractivity contribution in [1.82, 2.24) is 4.98 Å². The molecule has 1 saturated carbocycles. The molecule has 0 radical (unpaired) electrons. The number of carbonyl (C=O) groups excluding carboxylic acids is 1. The Morgan fingerprint density at radius 1 is 1.09 bits per heavy atom. The second kappa shape index (κ2) is 11.5. The molecular weight excluding hydrogens is 430 g/mol. The smallest absolute Gasteiger partial charge is 0.343 e. The molecule has 0 bridgehead atoms. The molecule has 0 N–H and O–H groups in total. The van der Waals surface area contributed by atoms with Gasteiger partial charge in [-0.05, 0) is 61.6 Å². The fourth-order valence-corrected chi connectivity index (χ4v) is 4.45. The number of rotatable bonds is 9. The van der Waals surface area contributed by atoms with Gasteiger partial charge in [-0.2, -0.15) is 0 Å². The maximum atomic E-state index is 11.4. The summed E-state index contributed by atoms with van der Waals surface area (Å²) in [5.41, 5.74) is 5.06. The van der Waals surface area contributed by atoms with Gasteiger partial charge < -0.3 is 18.9 Å². The van der Waals surface area contributed by atoms with Crippen LogP contribution in [0.1, 0.15) is 66.1 Å². The van der Waals surface area contributed by atoms with Crippen molar-refractivity contribution in [1.29, 1.82) is 0 Å². The second-order valence-corrected chi connectivity index (χ2v) is 8.60. The summed E-state index contributed by atoms with van der Waals surface area (Å²) in [6.07, 6.45) is 6.65. The number of halogens is 1. The average molecular weight is 462 g/mol. The number of carbonyl (C=O) groups is 1. The highest BCUT2D eigenvalue weighted by atomic mass is 35.5. The zero-order valence-electron chi connectivity index (χ0n) is 19.3. The summed E-state index contributed by atoms with van der Waals surface area (Å²) in [5, 5.41) is 0.502. The monoisotopic (exact) mass is 461 g/mol. The minimum Gasteiger partial charge on any atom is -0.480 e. The van der Waals surface area contributed by atoms with Crippen molar-refractivity contribution in [3.8, 4) is 11.5 Å². The highest BCUT2D eigenvalue weighted by molar-refractivity contribution is 6.33. The molecule has 1 heterocycles. The predicted octanol–water partition coefficient (Wildman–Crippen LogP) is 5.52. The van der Waals surface area contributed by atoms with E-state index in [2.05, 4.69) is 4.74 Å². The Hall–Kier alpha value is -2.31. The average Bonchev–Trinajstić information content (AvgIpc) is 2.82. The molecule has 1 aromatic carbocycles. The summed E-state index contributed by atoms with van der Waals surface area (Å²) < 4.78 is 21.1. The Bertz CT molecular complexity index is 940. The second-order valence-electron chi connectivity index (χ2n) is 8.22. The van der Waals surface area contributed by atoms with Crippen LogP contribution in [0.5, 0.6) is 11.5 Å². The molecule has 1 aliphatic carbocycles. The third-order valence-electron chi connectivity index (χ3n) is 6.02. The molecule has 0 amide bonds. The SMILES string of the molecule is COCOc1ccc(Cc2c(C)cc(OCC(=O)OC)c(Cl)c2C)nc1C1CCCCC1. The van der Waals surface area contributed by atoms with Gasteiger partial charge in [0.05, 0.1) is 17.8 Å². The molecule has 0 aliphatic heterocycles. The van der Waals surface area contributed by atoms with Crippen LogP contribution in [0.3, 0.4) is 0 Å². The Morgan fingerprint density at radius 2 is 1.84 bits per heavy atom. The van der Waals surface area contributed by atoms with Crippen LogP contribution < -0.4 is 9.47 Å². The summed E-state index contributed by atoms with van der Waals surface area (Å²) >= 11 is 6.57. The maximum absolute atomic E-state index is 11.4. The summed E-state index contributed by atoms with van der Waals surface area (Å²) in [5.74, 6) is 1.25. The van der Waals surface area contributed by atoms with Crippen molar-refractivity contribution in [2.45, 2.75) is 58.3 Å². The summed E-state index contributed by atoms with van der Waals surface area (Å²) in [6.45, 7) is 4.01. The first-order chi connectivity index (χ1) is 15.4. The van der Waals surface area contributed by atoms with Crippen LogP contribution in [-0.4, -0.2) is 38.6 Å². The van der Waals surface area contributed by atoms with Crippen LogP contribution in [-0.2, 0) is 20.7 Å². The van der Waals surface area contributed by atoms with Gasteiger partial charge in [0.25, 0.3) is 0 Å². The van der Waals surface area contributed by atoms with E-state index in [1.165, 1.54) is 26.4 Å². The molecule has 0 saturated heterocycles. The van der Waals surface area contributed by atoms with E-state index in [0.29, 0.717) is 23.1 Å². The van der Waals surface area contributed by atoms with Crippen molar-refractivity contribution in [3.05, 3.63) is 51.3 Å². The zero-order chi connectivity index (χ0) is 23.1. The number of hydrogen-bond donors (Lipinski definition) is 0. The highest BCUT2D eigenvalue weighted by Gasteiger charge is 2.22. The van der Waals surface area contributed by atoms with E-state index in [1.807, 2.05) is 32.0 Å². The quantitative estimate of drug-likeness (QED) is 0.361. The summed E-state index contributed by atoms with van der Waals surface area (Å²) in [6, 6.07) is 5.88. The molecule has 0 atom stereocenters. The van der Waals surface area contributed by atoms with Gasteiger partial charge in [0.15, 0.2) is 13.4 Å².